The van der Waals surface area contributed by atoms with Crippen LogP contribution in [0.5, 0.6) is 0 Å². The zero-order valence-corrected chi connectivity index (χ0v) is 26.8. The van der Waals surface area contributed by atoms with Gasteiger partial charge >= 0.3 is 17.4 Å². The Hall–Kier alpha value is -1.06. The Kier molecular flexibility index (Phi) is 27.9. The summed E-state index contributed by atoms with van der Waals surface area (Å²) in [6.07, 6.45) is 15.7. The molecule has 0 radical (unpaired) electrons. The van der Waals surface area contributed by atoms with E-state index in [0.29, 0.717) is 0 Å². The molecule has 0 aliphatic rings. The van der Waals surface area contributed by atoms with Gasteiger partial charge in [-0.15, -0.1) is 0 Å². The second kappa shape index (κ2) is 24.0. The maximum atomic E-state index is 10.6. The van der Waals surface area contributed by atoms with E-state index < -0.39 is 34.2 Å². The standard InChI is InChI=1S/3C10H20O2.Al/c3*1-4-5-6-7-8-10(2,3)9(11)12;/h3*4-8H2,1-3H3,(H,11,12);/q;;;+3/p-3. The number of unbranched alkanes of at least 4 members (excludes halogenated alkanes) is 9. The number of carboxylic acids is 3. The fourth-order valence-electron chi connectivity index (χ4n) is 3.29. The number of carbonyl (C=O) groups excluding carboxylic acids is 3. The van der Waals surface area contributed by atoms with Crippen molar-refractivity contribution in [2.75, 3.05) is 0 Å². The van der Waals surface area contributed by atoms with Gasteiger partial charge < -0.3 is 29.7 Å². The molecule has 0 aromatic heterocycles. The minimum Gasteiger partial charge on any atom is -0.550 e. The van der Waals surface area contributed by atoms with E-state index in [4.69, 9.17) is 0 Å². The molecular weight excluding hydrogens is 483 g/mol. The van der Waals surface area contributed by atoms with Gasteiger partial charge in [-0.3, -0.25) is 0 Å². The van der Waals surface area contributed by atoms with Gasteiger partial charge in [0.05, 0.1) is 0 Å². The third-order valence-corrected chi connectivity index (χ3v) is 6.62. The van der Waals surface area contributed by atoms with Crippen LogP contribution in [0, 0.1) is 16.2 Å². The van der Waals surface area contributed by atoms with Crippen molar-refractivity contribution in [1.82, 2.24) is 0 Å². The van der Waals surface area contributed by atoms with Crippen molar-refractivity contribution in [3.63, 3.8) is 0 Å². The van der Waals surface area contributed by atoms with Crippen LogP contribution < -0.4 is 15.3 Å². The zero-order chi connectivity index (χ0) is 28.8. The van der Waals surface area contributed by atoms with E-state index in [-0.39, 0.29) is 17.4 Å². The van der Waals surface area contributed by atoms with E-state index in [1.165, 1.54) is 38.5 Å². The smallest absolute Gasteiger partial charge is 0.550 e. The summed E-state index contributed by atoms with van der Waals surface area (Å²) in [5.74, 6) is -2.79. The number of aliphatic carboxylic acids is 3. The molecule has 0 bridgehead atoms. The van der Waals surface area contributed by atoms with Gasteiger partial charge in [0.15, 0.2) is 0 Å². The number of rotatable bonds is 18. The topological polar surface area (TPSA) is 120 Å². The third-order valence-electron chi connectivity index (χ3n) is 6.62. The molecule has 0 rings (SSSR count). The average molecular weight is 541 g/mol. The van der Waals surface area contributed by atoms with Crippen LogP contribution in [0.1, 0.15) is 159 Å². The first-order valence-corrected chi connectivity index (χ1v) is 14.2. The van der Waals surface area contributed by atoms with E-state index in [2.05, 4.69) is 20.8 Å². The molecule has 0 amide bonds. The molecule has 0 aliphatic carbocycles. The van der Waals surface area contributed by atoms with Crippen molar-refractivity contribution >= 4 is 35.3 Å². The van der Waals surface area contributed by atoms with Crippen molar-refractivity contribution in [3.8, 4) is 0 Å². The van der Waals surface area contributed by atoms with Crippen molar-refractivity contribution < 1.29 is 29.7 Å². The molecule has 0 saturated heterocycles. The summed E-state index contributed by atoms with van der Waals surface area (Å²) < 4.78 is 0. The van der Waals surface area contributed by atoms with Crippen LogP contribution in [-0.2, 0) is 14.4 Å². The van der Waals surface area contributed by atoms with Gasteiger partial charge in [0, 0.05) is 34.2 Å². The van der Waals surface area contributed by atoms with Gasteiger partial charge in [0.1, 0.15) is 0 Å². The van der Waals surface area contributed by atoms with E-state index in [1.54, 1.807) is 41.5 Å². The summed E-state index contributed by atoms with van der Waals surface area (Å²) in [6, 6.07) is 0. The Morgan fingerprint density at radius 2 is 0.622 bits per heavy atom. The molecule has 0 aliphatic heterocycles. The van der Waals surface area contributed by atoms with E-state index >= 15 is 0 Å². The molecule has 0 aromatic rings. The van der Waals surface area contributed by atoms with E-state index in [1.807, 2.05) is 0 Å². The summed E-state index contributed by atoms with van der Waals surface area (Å²) in [4.78, 5) is 31.7. The largest absolute Gasteiger partial charge is 3.00 e. The van der Waals surface area contributed by atoms with E-state index in [9.17, 15) is 29.7 Å². The molecule has 216 valence electrons. The zero-order valence-electron chi connectivity index (χ0n) is 25.6. The van der Waals surface area contributed by atoms with Crippen LogP contribution in [0.3, 0.4) is 0 Å². The van der Waals surface area contributed by atoms with Crippen LogP contribution in [0.4, 0.5) is 0 Å². The Morgan fingerprint density at radius 3 is 0.757 bits per heavy atom. The number of carboxylic acid groups (broad SMARTS) is 3. The molecule has 0 spiro atoms. The summed E-state index contributed by atoms with van der Waals surface area (Å²) in [7, 11) is 0. The number of carbonyl (C=O) groups is 3. The molecule has 0 fully saturated rings. The first kappa shape index (κ1) is 43.0. The van der Waals surface area contributed by atoms with Gasteiger partial charge in [-0.05, 0) is 19.3 Å². The van der Waals surface area contributed by atoms with Crippen molar-refractivity contribution in [3.05, 3.63) is 0 Å². The molecule has 7 heteroatoms. The average Bonchev–Trinajstić information content (AvgIpc) is 2.78. The van der Waals surface area contributed by atoms with Gasteiger partial charge in [0.25, 0.3) is 0 Å². The summed E-state index contributed by atoms with van der Waals surface area (Å²) in [5.41, 5.74) is -1.94. The van der Waals surface area contributed by atoms with Gasteiger partial charge in [-0.1, -0.05) is 139 Å². The second-order valence-electron chi connectivity index (χ2n) is 11.9. The molecule has 0 unspecified atom stereocenters. The van der Waals surface area contributed by atoms with Gasteiger partial charge in [-0.2, -0.15) is 0 Å². The van der Waals surface area contributed by atoms with Crippen LogP contribution in [0.2, 0.25) is 0 Å². The molecule has 0 saturated carbocycles. The van der Waals surface area contributed by atoms with Crippen LogP contribution in [0.15, 0.2) is 0 Å². The number of hydrogen-bond acceptors (Lipinski definition) is 6. The Bertz CT molecular complexity index is 504. The molecule has 6 nitrogen and oxygen atoms in total. The van der Waals surface area contributed by atoms with Crippen LogP contribution >= 0.6 is 0 Å². The Morgan fingerprint density at radius 1 is 0.432 bits per heavy atom. The maximum Gasteiger partial charge on any atom is 3.00 e. The van der Waals surface area contributed by atoms with Gasteiger partial charge in [-0.25, -0.2) is 0 Å². The molecule has 37 heavy (non-hydrogen) atoms. The fraction of sp³-hybridized carbons (Fsp3) is 0.900. The van der Waals surface area contributed by atoms with Crippen molar-refractivity contribution in [2.24, 2.45) is 16.2 Å². The molecule has 0 heterocycles. The van der Waals surface area contributed by atoms with E-state index in [0.717, 1.165) is 57.8 Å². The molecule has 0 aromatic carbocycles. The van der Waals surface area contributed by atoms with Crippen molar-refractivity contribution in [1.29, 1.82) is 0 Å². The summed E-state index contributed by atoms with van der Waals surface area (Å²) >= 11 is 0. The van der Waals surface area contributed by atoms with Crippen LogP contribution in [0.25, 0.3) is 0 Å². The number of hydrogen-bond donors (Lipinski definition) is 0. The van der Waals surface area contributed by atoms with Gasteiger partial charge in [0.2, 0.25) is 0 Å². The molecule has 0 N–H and O–H groups in total. The minimum atomic E-state index is -0.931. The molecule has 0 atom stereocenters. The predicted octanol–water partition coefficient (Wildman–Crippen LogP) is 4.82. The molecular formula is C30H57AlO6. The normalized spacial score (nSPS) is 11.3. The quantitative estimate of drug-likeness (QED) is 0.182. The first-order valence-electron chi connectivity index (χ1n) is 14.2. The van der Waals surface area contributed by atoms with Crippen LogP contribution in [-0.4, -0.2) is 35.3 Å². The summed E-state index contributed by atoms with van der Waals surface area (Å²) in [6.45, 7) is 16.8. The summed E-state index contributed by atoms with van der Waals surface area (Å²) in [5, 5.41) is 31.7. The fourth-order valence-corrected chi connectivity index (χ4v) is 3.29. The first-order chi connectivity index (χ1) is 16.5. The SMILES string of the molecule is CCCCCCC(C)(C)C(=O)[O-].CCCCCCC(C)(C)C(=O)[O-].CCCCCCC(C)(C)C(=O)[O-].[Al+3]. The van der Waals surface area contributed by atoms with Crippen molar-refractivity contribution in [2.45, 2.75) is 159 Å². The Balaban J connectivity index is -0.000000218. The Labute approximate surface area is 239 Å². The minimum absolute atomic E-state index is 0. The second-order valence-corrected chi connectivity index (χ2v) is 11.9. The third kappa shape index (κ3) is 26.3. The monoisotopic (exact) mass is 540 g/mol. The predicted molar refractivity (Wildman–Crippen MR) is 148 cm³/mol. The maximum absolute atomic E-state index is 10.6.